The third-order valence-electron chi connectivity index (χ3n) is 3.25. The Morgan fingerprint density at radius 1 is 1.60 bits per heavy atom. The minimum Gasteiger partial charge on any atom is -0.381 e. The molecule has 3 atom stereocenters. The number of hydrogen-bond acceptors (Lipinski definition) is 3. The van der Waals surface area contributed by atoms with Gasteiger partial charge in [0.25, 0.3) is 0 Å². The third kappa shape index (κ3) is 2.06. The van der Waals surface area contributed by atoms with Gasteiger partial charge in [0.05, 0.1) is 18.1 Å². The highest BCUT2D eigenvalue weighted by Crippen LogP contribution is 2.33. The summed E-state index contributed by atoms with van der Waals surface area (Å²) in [6.45, 7) is 2.00. The van der Waals surface area contributed by atoms with Gasteiger partial charge in [-0.2, -0.15) is 0 Å². The molecule has 0 saturated heterocycles. The Labute approximate surface area is 90.4 Å². The lowest BCUT2D eigenvalue weighted by Crippen LogP contribution is -2.15. The van der Waals surface area contributed by atoms with Gasteiger partial charge in [0.1, 0.15) is 0 Å². The van der Waals surface area contributed by atoms with E-state index in [-0.39, 0.29) is 6.04 Å². The summed E-state index contributed by atoms with van der Waals surface area (Å²) in [6, 6.07) is 0.563. The number of hydrogen-bond donors (Lipinski definition) is 1. The van der Waals surface area contributed by atoms with Crippen molar-refractivity contribution in [3.05, 3.63) is 18.2 Å². The fourth-order valence-electron chi connectivity index (χ4n) is 2.36. The highest BCUT2D eigenvalue weighted by Gasteiger charge is 2.27. The van der Waals surface area contributed by atoms with Gasteiger partial charge in [-0.05, 0) is 26.2 Å². The van der Waals surface area contributed by atoms with Crippen LogP contribution < -0.4 is 5.73 Å². The molecule has 1 aromatic heterocycles. The summed E-state index contributed by atoms with van der Waals surface area (Å²) in [5.74, 6) is 0. The Morgan fingerprint density at radius 3 is 3.00 bits per heavy atom. The molecule has 15 heavy (non-hydrogen) atoms. The lowest BCUT2D eigenvalue weighted by molar-refractivity contribution is 0.105. The molecule has 1 fully saturated rings. The van der Waals surface area contributed by atoms with Crippen LogP contribution in [0.4, 0.5) is 0 Å². The van der Waals surface area contributed by atoms with E-state index in [9.17, 15) is 0 Å². The summed E-state index contributed by atoms with van der Waals surface area (Å²) in [5.41, 5.74) is 7.02. The number of aromatic nitrogens is 2. The zero-order valence-corrected chi connectivity index (χ0v) is 9.39. The van der Waals surface area contributed by atoms with Gasteiger partial charge in [-0.15, -0.1) is 0 Å². The Bertz CT molecular complexity index is 321. The lowest BCUT2D eigenvalue weighted by Gasteiger charge is -2.17. The maximum Gasteiger partial charge on any atom is 0.0951 e. The third-order valence-corrected chi connectivity index (χ3v) is 3.25. The first-order valence-electron chi connectivity index (χ1n) is 5.52. The number of ether oxygens (including phenoxy) is 1. The number of imidazole rings is 1. The number of rotatable bonds is 3. The highest BCUT2D eigenvalue weighted by atomic mass is 16.5. The molecule has 2 rings (SSSR count). The Morgan fingerprint density at radius 2 is 2.40 bits per heavy atom. The second kappa shape index (κ2) is 4.33. The molecule has 84 valence electrons. The van der Waals surface area contributed by atoms with E-state index < -0.39 is 0 Å². The molecule has 0 amide bonds. The molecule has 1 aliphatic carbocycles. The van der Waals surface area contributed by atoms with Gasteiger partial charge in [0.15, 0.2) is 0 Å². The lowest BCUT2D eigenvalue weighted by atomic mass is 10.2. The molecule has 0 aromatic carbocycles. The number of methoxy groups -OCH3 is 1. The Kier molecular flexibility index (Phi) is 3.07. The quantitative estimate of drug-likeness (QED) is 0.823. The molecular weight excluding hydrogens is 190 g/mol. The van der Waals surface area contributed by atoms with Gasteiger partial charge in [-0.1, -0.05) is 0 Å². The van der Waals surface area contributed by atoms with Crippen LogP contribution in [0.1, 0.15) is 44.0 Å². The van der Waals surface area contributed by atoms with E-state index in [2.05, 4.69) is 9.55 Å². The van der Waals surface area contributed by atoms with E-state index in [1.54, 1.807) is 7.11 Å². The summed E-state index contributed by atoms with van der Waals surface area (Å²) in [5, 5.41) is 0. The maximum absolute atomic E-state index is 5.90. The fourth-order valence-corrected chi connectivity index (χ4v) is 2.36. The van der Waals surface area contributed by atoms with Crippen molar-refractivity contribution in [3.8, 4) is 0 Å². The molecule has 4 nitrogen and oxygen atoms in total. The van der Waals surface area contributed by atoms with Crippen LogP contribution in [0.25, 0.3) is 0 Å². The van der Waals surface area contributed by atoms with E-state index in [1.165, 1.54) is 0 Å². The molecule has 4 heteroatoms. The Hall–Kier alpha value is -0.870. The van der Waals surface area contributed by atoms with E-state index in [1.807, 2.05) is 19.4 Å². The van der Waals surface area contributed by atoms with Gasteiger partial charge in [0.2, 0.25) is 0 Å². The molecule has 0 spiro atoms. The molecule has 1 heterocycles. The van der Waals surface area contributed by atoms with Gasteiger partial charge in [-0.3, -0.25) is 0 Å². The van der Waals surface area contributed by atoms with Crippen molar-refractivity contribution in [1.82, 2.24) is 9.55 Å². The molecule has 2 N–H and O–H groups in total. The summed E-state index contributed by atoms with van der Waals surface area (Å²) in [4.78, 5) is 4.18. The zero-order valence-electron chi connectivity index (χ0n) is 9.39. The fraction of sp³-hybridized carbons (Fsp3) is 0.727. The van der Waals surface area contributed by atoms with Gasteiger partial charge >= 0.3 is 0 Å². The molecular formula is C11H19N3O. The largest absolute Gasteiger partial charge is 0.381 e. The first-order valence-corrected chi connectivity index (χ1v) is 5.52. The predicted octanol–water partition coefficient (Wildman–Crippen LogP) is 1.64. The SMILES string of the molecule is COC1CCC(n2cncc2[C@H](C)N)C1. The monoisotopic (exact) mass is 209 g/mol. The maximum atomic E-state index is 5.90. The van der Waals surface area contributed by atoms with E-state index in [0.717, 1.165) is 25.0 Å². The van der Waals surface area contributed by atoms with Crippen molar-refractivity contribution in [1.29, 1.82) is 0 Å². The molecule has 0 bridgehead atoms. The van der Waals surface area contributed by atoms with E-state index >= 15 is 0 Å². The molecule has 2 unspecified atom stereocenters. The first kappa shape index (κ1) is 10.6. The van der Waals surface area contributed by atoms with Crippen molar-refractivity contribution in [3.63, 3.8) is 0 Å². The van der Waals surface area contributed by atoms with Crippen LogP contribution in [-0.2, 0) is 4.74 Å². The average Bonchev–Trinajstić information content (AvgIpc) is 2.85. The van der Waals surface area contributed by atoms with Crippen LogP contribution >= 0.6 is 0 Å². The number of nitrogens with zero attached hydrogens (tertiary/aromatic N) is 2. The molecule has 1 aromatic rings. The summed E-state index contributed by atoms with van der Waals surface area (Å²) >= 11 is 0. The van der Waals surface area contributed by atoms with Crippen molar-refractivity contribution < 1.29 is 4.74 Å². The standard InChI is InChI=1S/C11H19N3O/c1-8(12)11-6-13-7-14(11)9-3-4-10(5-9)15-2/h6-10H,3-5,12H2,1-2H3/t8-,9?,10?/m0/s1. The smallest absolute Gasteiger partial charge is 0.0951 e. The van der Waals surface area contributed by atoms with Gasteiger partial charge < -0.3 is 15.0 Å². The van der Waals surface area contributed by atoms with Crippen LogP contribution in [0.3, 0.4) is 0 Å². The summed E-state index contributed by atoms with van der Waals surface area (Å²) in [6.07, 6.45) is 7.53. The molecule has 1 saturated carbocycles. The van der Waals surface area contributed by atoms with Crippen LogP contribution in [-0.4, -0.2) is 22.8 Å². The van der Waals surface area contributed by atoms with E-state index in [4.69, 9.17) is 10.5 Å². The second-order valence-electron chi connectivity index (χ2n) is 4.34. The zero-order chi connectivity index (χ0) is 10.8. The second-order valence-corrected chi connectivity index (χ2v) is 4.34. The minimum absolute atomic E-state index is 0.0501. The topological polar surface area (TPSA) is 53.1 Å². The van der Waals surface area contributed by atoms with E-state index in [0.29, 0.717) is 12.1 Å². The van der Waals surface area contributed by atoms with Crippen LogP contribution in [0, 0.1) is 0 Å². The van der Waals surface area contributed by atoms with Crippen LogP contribution in [0.5, 0.6) is 0 Å². The van der Waals surface area contributed by atoms with Crippen molar-refractivity contribution >= 4 is 0 Å². The van der Waals surface area contributed by atoms with Crippen molar-refractivity contribution in [2.45, 2.75) is 44.4 Å². The predicted molar refractivity (Wildman–Crippen MR) is 58.5 cm³/mol. The minimum atomic E-state index is 0.0501. The average molecular weight is 209 g/mol. The van der Waals surface area contributed by atoms with Crippen molar-refractivity contribution in [2.24, 2.45) is 5.73 Å². The molecule has 0 radical (unpaired) electrons. The normalized spacial score (nSPS) is 28.2. The molecule has 0 aliphatic heterocycles. The van der Waals surface area contributed by atoms with Gasteiger partial charge in [-0.25, -0.2) is 4.98 Å². The summed E-state index contributed by atoms with van der Waals surface area (Å²) < 4.78 is 7.59. The Balaban J connectivity index is 2.13. The van der Waals surface area contributed by atoms with Crippen LogP contribution in [0.15, 0.2) is 12.5 Å². The summed E-state index contributed by atoms with van der Waals surface area (Å²) in [7, 11) is 1.79. The number of nitrogens with two attached hydrogens (primary N) is 1. The highest BCUT2D eigenvalue weighted by molar-refractivity contribution is 5.06. The van der Waals surface area contributed by atoms with Gasteiger partial charge in [0, 0.05) is 25.4 Å². The first-order chi connectivity index (χ1) is 7.22. The molecule has 1 aliphatic rings. The van der Waals surface area contributed by atoms with Crippen molar-refractivity contribution in [2.75, 3.05) is 7.11 Å². The van der Waals surface area contributed by atoms with Crippen LogP contribution in [0.2, 0.25) is 0 Å².